The number of thiophene rings is 1. The van der Waals surface area contributed by atoms with Crippen LogP contribution in [0.1, 0.15) is 27.4 Å². The largest absolute Gasteiger partial charge is 0.261 e. The second-order valence-corrected chi connectivity index (χ2v) is 7.59. The summed E-state index contributed by atoms with van der Waals surface area (Å²) in [5, 5.41) is 10.1. The number of hydrogen-bond acceptors (Lipinski definition) is 6. The number of hydrogen-bond donors (Lipinski definition) is 1. The van der Waals surface area contributed by atoms with Crippen molar-refractivity contribution in [1.29, 1.82) is 0 Å². The van der Waals surface area contributed by atoms with Crippen LogP contribution in [0, 0.1) is 27.7 Å². The number of rotatable bonds is 4. The van der Waals surface area contributed by atoms with Gasteiger partial charge in [0.05, 0.1) is 28.7 Å². The van der Waals surface area contributed by atoms with E-state index in [-0.39, 0.29) is 0 Å². The molecule has 0 spiro atoms. The van der Waals surface area contributed by atoms with Crippen molar-refractivity contribution in [2.75, 3.05) is 5.43 Å². The van der Waals surface area contributed by atoms with Gasteiger partial charge in [0.2, 0.25) is 0 Å². The van der Waals surface area contributed by atoms with E-state index in [4.69, 9.17) is 0 Å². The average Bonchev–Trinajstić information content (AvgIpc) is 3.13. The van der Waals surface area contributed by atoms with Gasteiger partial charge in [0, 0.05) is 10.4 Å². The minimum Gasteiger partial charge on any atom is -0.261 e. The van der Waals surface area contributed by atoms with Crippen LogP contribution in [0.4, 0.5) is 5.82 Å². The maximum Gasteiger partial charge on any atom is 0.158 e. The van der Waals surface area contributed by atoms with Crippen LogP contribution in [-0.4, -0.2) is 26.0 Å². The summed E-state index contributed by atoms with van der Waals surface area (Å²) in [6.07, 6.45) is 3.37. The zero-order valence-corrected chi connectivity index (χ0v) is 16.5. The molecule has 4 rings (SSSR count). The fourth-order valence-electron chi connectivity index (χ4n) is 3.09. The van der Waals surface area contributed by atoms with Crippen LogP contribution >= 0.6 is 11.3 Å². The predicted molar refractivity (Wildman–Crippen MR) is 111 cm³/mol. The highest BCUT2D eigenvalue weighted by molar-refractivity contribution is 7.18. The third-order valence-corrected chi connectivity index (χ3v) is 5.79. The lowest BCUT2D eigenvalue weighted by Crippen LogP contribution is -1.99. The molecule has 0 saturated heterocycles. The van der Waals surface area contributed by atoms with Crippen molar-refractivity contribution in [1.82, 2.24) is 19.7 Å². The van der Waals surface area contributed by atoms with Gasteiger partial charge in [-0.2, -0.15) is 10.2 Å². The second-order valence-electron chi connectivity index (χ2n) is 6.39. The first-order valence-corrected chi connectivity index (χ1v) is 9.49. The zero-order valence-electron chi connectivity index (χ0n) is 15.7. The third-order valence-electron chi connectivity index (χ3n) is 4.68. The standard InChI is InChI=1S/C20H20N6S/c1-12-15(4)27-20-18(12)19(21-11-22-20)24-23-10-17-13(2)25-26(14(17)3)16-8-6-5-7-9-16/h5-11H,1-4H3,(H,21,22,24). The summed E-state index contributed by atoms with van der Waals surface area (Å²) in [5.74, 6) is 0.726. The molecule has 0 atom stereocenters. The Morgan fingerprint density at radius 1 is 1.07 bits per heavy atom. The van der Waals surface area contributed by atoms with Gasteiger partial charge in [0.25, 0.3) is 0 Å². The highest BCUT2D eigenvalue weighted by atomic mass is 32.1. The lowest BCUT2D eigenvalue weighted by molar-refractivity contribution is 0.833. The smallest absolute Gasteiger partial charge is 0.158 e. The normalized spacial score (nSPS) is 11.6. The number of aromatic nitrogens is 4. The quantitative estimate of drug-likeness (QED) is 0.419. The molecule has 3 heterocycles. The summed E-state index contributed by atoms with van der Waals surface area (Å²) in [6, 6.07) is 10.1. The predicted octanol–water partition coefficient (Wildman–Crippen LogP) is 4.56. The first-order chi connectivity index (χ1) is 13.1. The molecule has 27 heavy (non-hydrogen) atoms. The van der Waals surface area contributed by atoms with Crippen LogP contribution in [0.15, 0.2) is 41.8 Å². The molecule has 3 aromatic heterocycles. The van der Waals surface area contributed by atoms with Crippen molar-refractivity contribution in [2.45, 2.75) is 27.7 Å². The molecular weight excluding hydrogens is 356 g/mol. The molecule has 7 heteroatoms. The van der Waals surface area contributed by atoms with Crippen LogP contribution in [0.3, 0.4) is 0 Å². The van der Waals surface area contributed by atoms with Gasteiger partial charge in [-0.05, 0) is 45.4 Å². The van der Waals surface area contributed by atoms with Crippen LogP contribution in [0.25, 0.3) is 15.9 Å². The molecule has 4 aromatic rings. The minimum absolute atomic E-state index is 0.726. The first kappa shape index (κ1) is 17.4. The lowest BCUT2D eigenvalue weighted by Gasteiger charge is -2.04. The van der Waals surface area contributed by atoms with Crippen molar-refractivity contribution in [2.24, 2.45) is 5.10 Å². The molecule has 0 radical (unpaired) electrons. The van der Waals surface area contributed by atoms with E-state index in [2.05, 4.69) is 39.4 Å². The number of anilines is 1. The fourth-order valence-corrected chi connectivity index (χ4v) is 4.08. The SMILES string of the molecule is Cc1nn(-c2ccccc2)c(C)c1C=NNc1ncnc2sc(C)c(C)c12. The van der Waals surface area contributed by atoms with E-state index in [9.17, 15) is 0 Å². The van der Waals surface area contributed by atoms with Crippen molar-refractivity contribution in [3.8, 4) is 5.69 Å². The molecule has 1 N–H and O–H groups in total. The van der Waals surface area contributed by atoms with E-state index < -0.39 is 0 Å². The van der Waals surface area contributed by atoms with Gasteiger partial charge in [-0.1, -0.05) is 18.2 Å². The Morgan fingerprint density at radius 2 is 1.85 bits per heavy atom. The molecular formula is C20H20N6S. The van der Waals surface area contributed by atoms with Crippen molar-refractivity contribution in [3.05, 3.63) is 64.1 Å². The van der Waals surface area contributed by atoms with Gasteiger partial charge < -0.3 is 0 Å². The summed E-state index contributed by atoms with van der Waals surface area (Å²) in [6.45, 7) is 8.22. The highest BCUT2D eigenvalue weighted by Gasteiger charge is 2.13. The molecule has 0 aliphatic carbocycles. The molecule has 0 amide bonds. The van der Waals surface area contributed by atoms with E-state index in [1.807, 2.05) is 48.9 Å². The van der Waals surface area contributed by atoms with E-state index in [1.54, 1.807) is 23.9 Å². The van der Waals surface area contributed by atoms with Gasteiger partial charge >= 0.3 is 0 Å². The molecule has 136 valence electrons. The van der Waals surface area contributed by atoms with Gasteiger partial charge in [-0.25, -0.2) is 14.6 Å². The Morgan fingerprint density at radius 3 is 2.63 bits per heavy atom. The average molecular weight is 376 g/mol. The molecule has 6 nitrogen and oxygen atoms in total. The molecule has 0 fully saturated rings. The fraction of sp³-hybridized carbons (Fsp3) is 0.200. The summed E-state index contributed by atoms with van der Waals surface area (Å²) >= 11 is 1.67. The minimum atomic E-state index is 0.726. The van der Waals surface area contributed by atoms with Gasteiger partial charge in [0.15, 0.2) is 5.82 Å². The number of nitrogens with zero attached hydrogens (tertiary/aromatic N) is 5. The number of benzene rings is 1. The molecule has 0 unspecified atom stereocenters. The Kier molecular flexibility index (Phi) is 4.45. The van der Waals surface area contributed by atoms with E-state index in [0.717, 1.165) is 38.7 Å². The Balaban J connectivity index is 1.64. The summed E-state index contributed by atoms with van der Waals surface area (Å²) in [5.41, 5.74) is 8.27. The molecule has 0 aliphatic rings. The number of fused-ring (bicyclic) bond motifs is 1. The first-order valence-electron chi connectivity index (χ1n) is 8.67. The Labute approximate surface area is 161 Å². The number of para-hydroxylation sites is 1. The maximum atomic E-state index is 4.65. The Hall–Kier alpha value is -3.06. The molecule has 0 aliphatic heterocycles. The van der Waals surface area contributed by atoms with Crippen LogP contribution in [-0.2, 0) is 0 Å². The zero-order chi connectivity index (χ0) is 19.0. The summed E-state index contributed by atoms with van der Waals surface area (Å²) in [4.78, 5) is 10.9. The van der Waals surface area contributed by atoms with Crippen LogP contribution < -0.4 is 5.43 Å². The van der Waals surface area contributed by atoms with E-state index in [0.29, 0.717) is 0 Å². The number of hydrazone groups is 1. The summed E-state index contributed by atoms with van der Waals surface area (Å²) in [7, 11) is 0. The van der Waals surface area contributed by atoms with Gasteiger partial charge in [0.1, 0.15) is 11.2 Å². The van der Waals surface area contributed by atoms with Crippen LogP contribution in [0.2, 0.25) is 0 Å². The molecule has 1 aromatic carbocycles. The van der Waals surface area contributed by atoms with Crippen LogP contribution in [0.5, 0.6) is 0 Å². The Bertz CT molecular complexity index is 1140. The lowest BCUT2D eigenvalue weighted by atomic mass is 10.2. The second kappa shape index (κ2) is 6.92. The topological polar surface area (TPSA) is 68.0 Å². The molecule has 0 saturated carbocycles. The number of aryl methyl sites for hydroxylation is 3. The highest BCUT2D eigenvalue weighted by Crippen LogP contribution is 2.32. The van der Waals surface area contributed by atoms with Crippen molar-refractivity contribution < 1.29 is 0 Å². The number of nitrogens with one attached hydrogen (secondary N) is 1. The monoisotopic (exact) mass is 376 g/mol. The maximum absolute atomic E-state index is 4.65. The van der Waals surface area contributed by atoms with Gasteiger partial charge in [-0.15, -0.1) is 11.3 Å². The summed E-state index contributed by atoms with van der Waals surface area (Å²) < 4.78 is 1.94. The van der Waals surface area contributed by atoms with E-state index in [1.165, 1.54) is 10.4 Å². The van der Waals surface area contributed by atoms with E-state index >= 15 is 0 Å². The van der Waals surface area contributed by atoms with Crippen molar-refractivity contribution in [3.63, 3.8) is 0 Å². The van der Waals surface area contributed by atoms with Crippen molar-refractivity contribution >= 4 is 33.6 Å². The molecule has 0 bridgehead atoms. The van der Waals surface area contributed by atoms with Gasteiger partial charge in [-0.3, -0.25) is 5.43 Å². The third kappa shape index (κ3) is 3.10.